The fraction of sp³-hybridized carbons (Fsp3) is 0.317. The summed E-state index contributed by atoms with van der Waals surface area (Å²) in [6.45, 7) is 13.6. The number of ether oxygens (including phenoxy) is 2. The number of para-hydroxylation sites is 1. The van der Waals surface area contributed by atoms with Crippen LogP contribution in [0.2, 0.25) is 0 Å². The molecule has 2 unspecified atom stereocenters. The molecule has 1 aliphatic carbocycles. The summed E-state index contributed by atoms with van der Waals surface area (Å²) in [5, 5.41) is 31.0. The van der Waals surface area contributed by atoms with Crippen LogP contribution in [0.15, 0.2) is 162 Å². The summed E-state index contributed by atoms with van der Waals surface area (Å²) < 4.78 is 12.4. The van der Waals surface area contributed by atoms with Crippen molar-refractivity contribution in [2.24, 2.45) is 5.41 Å². The number of rotatable bonds is 21. The van der Waals surface area contributed by atoms with E-state index in [1.54, 1.807) is 11.8 Å². The third-order valence-corrected chi connectivity index (χ3v) is 17.1. The molecular weight excluding hydrogens is 905 g/mol. The molecule has 1 aliphatic rings. The molecule has 0 radical (unpaired) electrons. The molecule has 2 atom stereocenters. The van der Waals surface area contributed by atoms with Crippen molar-refractivity contribution in [3.05, 3.63) is 174 Å². The molecule has 0 saturated heterocycles. The van der Waals surface area contributed by atoms with E-state index < -0.39 is 17.6 Å². The van der Waals surface area contributed by atoms with Crippen molar-refractivity contribution in [2.45, 2.75) is 106 Å². The number of benzene rings is 7. The molecule has 0 amide bonds. The first-order valence-corrected chi connectivity index (χ1v) is 26.5. The normalized spacial score (nSPS) is 14.0. The second-order valence-corrected chi connectivity index (χ2v) is 21.8. The summed E-state index contributed by atoms with van der Waals surface area (Å²) >= 11 is 3.06. The Kier molecular flexibility index (Phi) is 14.9. The highest BCUT2D eigenvalue weighted by molar-refractivity contribution is 8.00. The Morgan fingerprint density at radius 2 is 1.06 bits per heavy atom. The minimum absolute atomic E-state index is 0.00579. The van der Waals surface area contributed by atoms with Crippen LogP contribution in [0.1, 0.15) is 95.9 Å². The number of fused-ring (bicyclic) bond motifs is 5. The molecule has 0 saturated carbocycles. The number of aliphatic hydroxyl groups excluding tert-OH is 2. The number of nitrogens with zero attached hydrogens (tertiary/aromatic N) is 3. The van der Waals surface area contributed by atoms with Gasteiger partial charge in [-0.05, 0) is 135 Å². The van der Waals surface area contributed by atoms with Crippen LogP contribution < -0.4 is 14.8 Å². The van der Waals surface area contributed by atoms with E-state index in [0.29, 0.717) is 34.2 Å². The molecule has 360 valence electrons. The highest BCUT2D eigenvalue weighted by atomic mass is 32.2. The Bertz CT molecular complexity index is 3040. The average Bonchev–Trinajstić information content (AvgIpc) is 3.69. The summed E-state index contributed by atoms with van der Waals surface area (Å²) in [6.07, 6.45) is 3.44. The summed E-state index contributed by atoms with van der Waals surface area (Å²) in [5.41, 5.74) is 7.73. The van der Waals surface area contributed by atoms with Gasteiger partial charge in [0.05, 0.1) is 17.6 Å². The molecule has 1 aromatic heterocycles. The van der Waals surface area contributed by atoms with Crippen molar-refractivity contribution < 1.29 is 19.7 Å². The quantitative estimate of drug-likeness (QED) is 0.0602. The van der Waals surface area contributed by atoms with E-state index in [0.717, 1.165) is 58.7 Å². The minimum Gasteiger partial charge on any atom is -0.491 e. The maximum atomic E-state index is 11.2. The van der Waals surface area contributed by atoms with Crippen molar-refractivity contribution in [2.75, 3.05) is 24.3 Å². The van der Waals surface area contributed by atoms with Gasteiger partial charge in [-0.1, -0.05) is 174 Å². The molecule has 8 nitrogen and oxygen atoms in total. The molecule has 7 aromatic carbocycles. The SMILES string of the molecule is CCC(C)(CC)CC(O)COc1ccc2cc(C3(c4ccc5cc(OCC(O)CSc6nc(Nc7ccccc7)nc(SC(C)(CC)CC)n6)ccc5c4)c4ccccc4-c4ccccc43)ccc2c1. The van der Waals surface area contributed by atoms with Gasteiger partial charge in [-0.15, -0.1) is 0 Å². The number of hydrogen-bond donors (Lipinski definition) is 3. The predicted molar refractivity (Wildman–Crippen MR) is 290 cm³/mol. The zero-order valence-corrected chi connectivity index (χ0v) is 42.7. The first kappa shape index (κ1) is 49.1. The Morgan fingerprint density at radius 3 is 1.61 bits per heavy atom. The van der Waals surface area contributed by atoms with Crippen molar-refractivity contribution in [1.82, 2.24) is 15.0 Å². The molecule has 0 aliphatic heterocycles. The van der Waals surface area contributed by atoms with Crippen LogP contribution in [0.25, 0.3) is 32.7 Å². The van der Waals surface area contributed by atoms with Crippen LogP contribution in [0.5, 0.6) is 11.5 Å². The zero-order chi connectivity index (χ0) is 48.9. The van der Waals surface area contributed by atoms with E-state index in [-0.39, 0.29) is 23.4 Å². The summed E-state index contributed by atoms with van der Waals surface area (Å²) in [6, 6.07) is 53.5. The lowest BCUT2D eigenvalue weighted by atomic mass is 9.67. The van der Waals surface area contributed by atoms with Crippen LogP contribution in [0.4, 0.5) is 11.6 Å². The predicted octanol–water partition coefficient (Wildman–Crippen LogP) is 14.4. The largest absolute Gasteiger partial charge is 0.491 e. The summed E-state index contributed by atoms with van der Waals surface area (Å²) in [4.78, 5) is 14.3. The molecule has 0 spiro atoms. The van der Waals surface area contributed by atoms with E-state index in [2.05, 4.69) is 156 Å². The van der Waals surface area contributed by atoms with Gasteiger partial charge in [-0.2, -0.15) is 15.0 Å². The molecule has 0 fully saturated rings. The number of aliphatic hydroxyl groups is 2. The van der Waals surface area contributed by atoms with Gasteiger partial charge in [-0.25, -0.2) is 0 Å². The summed E-state index contributed by atoms with van der Waals surface area (Å²) in [5.74, 6) is 2.28. The van der Waals surface area contributed by atoms with Gasteiger partial charge in [0, 0.05) is 16.2 Å². The lowest BCUT2D eigenvalue weighted by molar-refractivity contribution is 0.0578. The first-order chi connectivity index (χ1) is 33.9. The second kappa shape index (κ2) is 21.2. The fourth-order valence-corrected chi connectivity index (χ4v) is 11.4. The topological polar surface area (TPSA) is 110 Å². The number of aromatic nitrogens is 3. The second-order valence-electron chi connectivity index (χ2n) is 19.2. The Hall–Kier alpha value is -5.91. The van der Waals surface area contributed by atoms with Crippen molar-refractivity contribution >= 4 is 56.7 Å². The third kappa shape index (κ3) is 10.4. The molecule has 3 N–H and O–H groups in total. The Morgan fingerprint density at radius 1 is 0.557 bits per heavy atom. The van der Waals surface area contributed by atoms with Gasteiger partial charge in [0.2, 0.25) is 5.95 Å². The van der Waals surface area contributed by atoms with E-state index in [9.17, 15) is 10.2 Å². The molecule has 70 heavy (non-hydrogen) atoms. The van der Waals surface area contributed by atoms with E-state index in [4.69, 9.17) is 24.4 Å². The fourth-order valence-electron chi connectivity index (χ4n) is 9.66. The Balaban J connectivity index is 0.947. The minimum atomic E-state index is -0.762. The highest BCUT2D eigenvalue weighted by Gasteiger charge is 2.46. The van der Waals surface area contributed by atoms with Crippen molar-refractivity contribution in [1.29, 1.82) is 0 Å². The molecule has 8 aromatic rings. The number of nitrogens with one attached hydrogen (secondary N) is 1. The van der Waals surface area contributed by atoms with E-state index >= 15 is 0 Å². The molecular formula is C60H64N4O4S2. The van der Waals surface area contributed by atoms with Crippen molar-refractivity contribution in [3.8, 4) is 22.6 Å². The van der Waals surface area contributed by atoms with Crippen molar-refractivity contribution in [3.63, 3.8) is 0 Å². The maximum absolute atomic E-state index is 11.2. The van der Waals surface area contributed by atoms with E-state index in [1.807, 2.05) is 42.5 Å². The average molecular weight is 969 g/mol. The lowest BCUT2D eigenvalue weighted by Gasteiger charge is -2.34. The maximum Gasteiger partial charge on any atom is 0.232 e. The van der Waals surface area contributed by atoms with Crippen LogP contribution in [0, 0.1) is 5.41 Å². The van der Waals surface area contributed by atoms with Crippen LogP contribution in [-0.4, -0.2) is 61.1 Å². The number of anilines is 2. The van der Waals surface area contributed by atoms with Gasteiger partial charge < -0.3 is 25.0 Å². The van der Waals surface area contributed by atoms with Crippen LogP contribution >= 0.6 is 23.5 Å². The smallest absolute Gasteiger partial charge is 0.232 e. The number of thioether (sulfide) groups is 2. The molecule has 1 heterocycles. The van der Waals surface area contributed by atoms with Gasteiger partial charge in [0.1, 0.15) is 24.7 Å². The van der Waals surface area contributed by atoms with Gasteiger partial charge in [0.25, 0.3) is 0 Å². The van der Waals surface area contributed by atoms with Crippen LogP contribution in [0.3, 0.4) is 0 Å². The highest BCUT2D eigenvalue weighted by Crippen LogP contribution is 2.56. The Labute approximate surface area is 421 Å². The first-order valence-electron chi connectivity index (χ1n) is 24.7. The van der Waals surface area contributed by atoms with Gasteiger partial charge in [-0.3, -0.25) is 0 Å². The number of hydrogen-bond acceptors (Lipinski definition) is 10. The lowest BCUT2D eigenvalue weighted by Crippen LogP contribution is -2.28. The van der Waals surface area contributed by atoms with E-state index in [1.165, 1.54) is 45.1 Å². The molecule has 9 rings (SSSR count). The van der Waals surface area contributed by atoms with Gasteiger partial charge in [0.15, 0.2) is 10.3 Å². The van der Waals surface area contributed by atoms with Crippen LogP contribution in [-0.2, 0) is 5.41 Å². The van der Waals surface area contributed by atoms with Gasteiger partial charge >= 0.3 is 0 Å². The third-order valence-electron chi connectivity index (χ3n) is 14.6. The summed E-state index contributed by atoms with van der Waals surface area (Å²) in [7, 11) is 0. The molecule has 10 heteroatoms. The zero-order valence-electron chi connectivity index (χ0n) is 41.1. The molecule has 0 bridgehead atoms. The standard InChI is InChI=1S/C60H64N4O4S2/c1-7-58(5,8-2)36-47(65)37-67-49-30-26-40-32-44(28-24-42(40)34-49)60(53-22-16-14-20-51(53)52-21-15-17-23-54(52)60)45-29-25-43-35-50(31-27-41(43)33-45)68-38-48(66)39-69-56-62-55(61-46-18-12-11-13-19-46)63-57(64-56)70-59(6,9-3)10-4/h11-35,47-48,65-66H,7-10,36-39H2,1-6H3,(H,61,62,63,64). The monoisotopic (exact) mass is 968 g/mol.